The average Bonchev–Trinajstić information content (AvgIpc) is 2.69. The fourth-order valence-corrected chi connectivity index (χ4v) is 3.42. The standard InChI is InChI=1S/C18H20ClNO/c1-12-8-14-16(9-18(2,3)10-17(14)21)20(12)11-13-6-4-5-7-15(13)19/h4-8H,9-11H2,1-3H3. The van der Waals surface area contributed by atoms with Gasteiger partial charge in [0.1, 0.15) is 0 Å². The number of aryl methyl sites for hydroxylation is 1. The van der Waals surface area contributed by atoms with E-state index < -0.39 is 0 Å². The second-order valence-corrected chi connectivity index (χ2v) is 7.17. The van der Waals surface area contributed by atoms with Crippen LogP contribution in [0.25, 0.3) is 0 Å². The third-order valence-electron chi connectivity index (χ3n) is 4.29. The number of Topliss-reactive ketones (excluding diaryl/α,β-unsaturated/α-hetero) is 1. The molecule has 3 heteroatoms. The molecule has 2 nitrogen and oxygen atoms in total. The van der Waals surface area contributed by atoms with Gasteiger partial charge in [-0.2, -0.15) is 0 Å². The fraction of sp³-hybridized carbons (Fsp3) is 0.389. The predicted molar refractivity (Wildman–Crippen MR) is 86.2 cm³/mol. The summed E-state index contributed by atoms with van der Waals surface area (Å²) < 4.78 is 2.25. The summed E-state index contributed by atoms with van der Waals surface area (Å²) in [5, 5.41) is 0.778. The van der Waals surface area contributed by atoms with E-state index in [9.17, 15) is 4.79 Å². The number of rotatable bonds is 2. The smallest absolute Gasteiger partial charge is 0.165 e. The van der Waals surface area contributed by atoms with Crippen LogP contribution in [0, 0.1) is 12.3 Å². The van der Waals surface area contributed by atoms with Gasteiger partial charge in [0.25, 0.3) is 0 Å². The van der Waals surface area contributed by atoms with Crippen LogP contribution in [-0.2, 0) is 13.0 Å². The van der Waals surface area contributed by atoms with Crippen LogP contribution in [0.1, 0.15) is 47.6 Å². The van der Waals surface area contributed by atoms with Crippen molar-refractivity contribution in [2.24, 2.45) is 5.41 Å². The number of hydrogen-bond donors (Lipinski definition) is 0. The van der Waals surface area contributed by atoms with E-state index in [1.807, 2.05) is 30.3 Å². The average molecular weight is 302 g/mol. The van der Waals surface area contributed by atoms with Crippen molar-refractivity contribution < 1.29 is 4.79 Å². The molecule has 3 rings (SSSR count). The minimum atomic E-state index is 0.0348. The molecule has 0 aliphatic heterocycles. The highest BCUT2D eigenvalue weighted by molar-refractivity contribution is 6.31. The van der Waals surface area contributed by atoms with Crippen molar-refractivity contribution in [1.29, 1.82) is 0 Å². The summed E-state index contributed by atoms with van der Waals surface area (Å²) in [6, 6.07) is 9.93. The summed E-state index contributed by atoms with van der Waals surface area (Å²) in [6.45, 7) is 7.12. The molecule has 0 unspecified atom stereocenters. The van der Waals surface area contributed by atoms with Crippen LogP contribution < -0.4 is 0 Å². The molecule has 110 valence electrons. The van der Waals surface area contributed by atoms with Crippen molar-refractivity contribution >= 4 is 17.4 Å². The summed E-state index contributed by atoms with van der Waals surface area (Å²) >= 11 is 6.28. The third-order valence-corrected chi connectivity index (χ3v) is 4.66. The van der Waals surface area contributed by atoms with E-state index in [0.29, 0.717) is 6.42 Å². The van der Waals surface area contributed by atoms with Crippen LogP contribution in [0.15, 0.2) is 30.3 Å². The number of halogens is 1. The highest BCUT2D eigenvalue weighted by atomic mass is 35.5. The Morgan fingerprint density at radius 1 is 1.24 bits per heavy atom. The van der Waals surface area contributed by atoms with Gasteiger partial charge in [-0.3, -0.25) is 4.79 Å². The molecule has 0 saturated carbocycles. The quantitative estimate of drug-likeness (QED) is 0.791. The fourth-order valence-electron chi connectivity index (χ4n) is 3.22. The Labute approximate surface area is 130 Å². The first-order valence-corrected chi connectivity index (χ1v) is 7.71. The molecular weight excluding hydrogens is 282 g/mol. The highest BCUT2D eigenvalue weighted by Crippen LogP contribution is 2.36. The number of carbonyl (C=O) groups excluding carboxylic acids is 1. The number of hydrogen-bond acceptors (Lipinski definition) is 1. The van der Waals surface area contributed by atoms with Gasteiger partial charge >= 0.3 is 0 Å². The lowest BCUT2D eigenvalue weighted by Gasteiger charge is -2.30. The molecule has 1 heterocycles. The molecule has 1 aliphatic rings. The molecule has 21 heavy (non-hydrogen) atoms. The van der Waals surface area contributed by atoms with Gasteiger partial charge in [-0.25, -0.2) is 0 Å². The Hall–Kier alpha value is -1.54. The number of fused-ring (bicyclic) bond motifs is 1. The van der Waals surface area contributed by atoms with E-state index in [1.165, 1.54) is 0 Å². The molecule has 0 saturated heterocycles. The Morgan fingerprint density at radius 2 is 1.95 bits per heavy atom. The largest absolute Gasteiger partial charge is 0.344 e. The molecule has 0 radical (unpaired) electrons. The SMILES string of the molecule is Cc1cc2c(n1Cc1ccccc1Cl)CC(C)(C)CC2=O. The first-order valence-electron chi connectivity index (χ1n) is 7.33. The van der Waals surface area contributed by atoms with Gasteiger partial charge in [0, 0.05) is 34.9 Å². The monoisotopic (exact) mass is 301 g/mol. The van der Waals surface area contributed by atoms with Crippen LogP contribution >= 0.6 is 11.6 Å². The normalized spacial score (nSPS) is 16.9. The van der Waals surface area contributed by atoms with Crippen molar-refractivity contribution in [3.8, 4) is 0 Å². The lowest BCUT2D eigenvalue weighted by atomic mass is 9.76. The molecule has 0 atom stereocenters. The molecule has 1 aromatic carbocycles. The summed E-state index contributed by atoms with van der Waals surface area (Å²) in [5.74, 6) is 0.266. The molecule has 0 fully saturated rings. The van der Waals surface area contributed by atoms with E-state index in [2.05, 4.69) is 25.3 Å². The zero-order valence-electron chi connectivity index (χ0n) is 12.7. The Balaban J connectivity index is 2.05. The summed E-state index contributed by atoms with van der Waals surface area (Å²) in [6.07, 6.45) is 1.57. The van der Waals surface area contributed by atoms with Gasteiger partial charge in [-0.05, 0) is 36.5 Å². The molecule has 1 aliphatic carbocycles. The number of carbonyl (C=O) groups is 1. The van der Waals surface area contributed by atoms with Crippen LogP contribution in [0.3, 0.4) is 0 Å². The van der Waals surface area contributed by atoms with Gasteiger partial charge in [-0.1, -0.05) is 43.6 Å². The first kappa shape index (κ1) is 14.4. The van der Waals surface area contributed by atoms with Gasteiger partial charge in [0.2, 0.25) is 0 Å². The molecule has 2 aromatic rings. The van der Waals surface area contributed by atoms with Gasteiger partial charge in [-0.15, -0.1) is 0 Å². The highest BCUT2D eigenvalue weighted by Gasteiger charge is 2.33. The lowest BCUT2D eigenvalue weighted by Crippen LogP contribution is -2.28. The van der Waals surface area contributed by atoms with Crippen LogP contribution in [-0.4, -0.2) is 10.4 Å². The molecule has 0 spiro atoms. The zero-order chi connectivity index (χ0) is 15.2. The lowest BCUT2D eigenvalue weighted by molar-refractivity contribution is 0.0910. The van der Waals surface area contributed by atoms with Crippen LogP contribution in [0.4, 0.5) is 0 Å². The Kier molecular flexibility index (Phi) is 3.45. The number of benzene rings is 1. The van der Waals surface area contributed by atoms with Gasteiger partial charge in [0.15, 0.2) is 5.78 Å². The van der Waals surface area contributed by atoms with E-state index >= 15 is 0 Å². The van der Waals surface area contributed by atoms with Crippen molar-refractivity contribution in [3.05, 3.63) is 57.9 Å². The maximum atomic E-state index is 12.3. The first-order chi connectivity index (χ1) is 9.87. The molecule has 0 amide bonds. The van der Waals surface area contributed by atoms with E-state index in [1.54, 1.807) is 0 Å². The summed E-state index contributed by atoms with van der Waals surface area (Å²) in [7, 11) is 0. The summed E-state index contributed by atoms with van der Waals surface area (Å²) in [4.78, 5) is 12.3. The second-order valence-electron chi connectivity index (χ2n) is 6.76. The van der Waals surface area contributed by atoms with E-state index in [-0.39, 0.29) is 11.2 Å². The summed E-state index contributed by atoms with van der Waals surface area (Å²) in [5.41, 5.74) is 4.32. The van der Waals surface area contributed by atoms with Crippen molar-refractivity contribution in [1.82, 2.24) is 4.57 Å². The number of aromatic nitrogens is 1. The Morgan fingerprint density at radius 3 is 2.67 bits per heavy atom. The topological polar surface area (TPSA) is 22.0 Å². The Bertz CT molecular complexity index is 712. The van der Waals surface area contributed by atoms with Gasteiger partial charge < -0.3 is 4.57 Å². The van der Waals surface area contributed by atoms with Crippen molar-refractivity contribution in [2.45, 2.75) is 40.2 Å². The van der Waals surface area contributed by atoms with Gasteiger partial charge in [0.05, 0.1) is 0 Å². The molecular formula is C18H20ClNO. The molecule has 0 N–H and O–H groups in total. The molecule has 1 aromatic heterocycles. The zero-order valence-corrected chi connectivity index (χ0v) is 13.5. The van der Waals surface area contributed by atoms with E-state index in [0.717, 1.165) is 40.5 Å². The van der Waals surface area contributed by atoms with Crippen LogP contribution in [0.2, 0.25) is 5.02 Å². The molecule has 0 bridgehead atoms. The number of nitrogens with zero attached hydrogens (tertiary/aromatic N) is 1. The minimum absolute atomic E-state index is 0.0348. The maximum absolute atomic E-state index is 12.3. The minimum Gasteiger partial charge on any atom is -0.344 e. The predicted octanol–water partition coefficient (Wildman–Crippen LogP) is 4.65. The van der Waals surface area contributed by atoms with Crippen molar-refractivity contribution in [3.63, 3.8) is 0 Å². The second kappa shape index (κ2) is 5.03. The van der Waals surface area contributed by atoms with Crippen LogP contribution in [0.5, 0.6) is 0 Å². The van der Waals surface area contributed by atoms with E-state index in [4.69, 9.17) is 11.6 Å². The third kappa shape index (κ3) is 2.65. The number of ketones is 1. The van der Waals surface area contributed by atoms with Crippen molar-refractivity contribution in [2.75, 3.05) is 0 Å². The maximum Gasteiger partial charge on any atom is 0.165 e.